The minimum atomic E-state index is -0.493. The monoisotopic (exact) mass is 489 g/mol. The van der Waals surface area contributed by atoms with Crippen molar-refractivity contribution in [1.82, 2.24) is 24.7 Å². The summed E-state index contributed by atoms with van der Waals surface area (Å²) in [5.41, 5.74) is 5.66. The van der Waals surface area contributed by atoms with E-state index < -0.39 is 15.8 Å². The van der Waals surface area contributed by atoms with Crippen LogP contribution in [-0.2, 0) is 6.54 Å². The molecule has 3 aromatic heterocycles. The van der Waals surface area contributed by atoms with Crippen LogP contribution in [0.4, 0.5) is 4.39 Å². The summed E-state index contributed by atoms with van der Waals surface area (Å²) in [6.45, 7) is 4.85. The third-order valence-electron chi connectivity index (χ3n) is 5.53. The van der Waals surface area contributed by atoms with Crippen molar-refractivity contribution in [3.8, 4) is 22.7 Å². The van der Waals surface area contributed by atoms with Crippen LogP contribution in [0.5, 0.6) is 0 Å². The Hall–Kier alpha value is -3.31. The molecule has 5 aromatic rings. The zero-order valence-corrected chi connectivity index (χ0v) is 19.8. The van der Waals surface area contributed by atoms with E-state index in [1.54, 1.807) is 12.4 Å². The molecule has 160 valence electrons. The molecule has 0 saturated carbocycles. The van der Waals surface area contributed by atoms with E-state index in [0.29, 0.717) is 11.4 Å². The number of aromatic nitrogens is 5. The van der Waals surface area contributed by atoms with Crippen LogP contribution in [0.15, 0.2) is 65.7 Å². The molecule has 5 rings (SSSR count). The van der Waals surface area contributed by atoms with Crippen LogP contribution in [0.1, 0.15) is 11.3 Å². The molecular formula is C24H21AsFN5O. The van der Waals surface area contributed by atoms with Gasteiger partial charge < -0.3 is 0 Å². The molecular weight excluding hydrogens is 468 g/mol. The SMILES string of the molecule is Cc1ccc(F)c2c1cc(C)n2CC[AsH]c1cc(-c2ccc(-c3ncno3)cc2)ncn1. The third-order valence-corrected chi connectivity index (χ3v) is 7.86. The van der Waals surface area contributed by atoms with Crippen LogP contribution >= 0.6 is 0 Å². The van der Waals surface area contributed by atoms with Gasteiger partial charge in [0.15, 0.2) is 0 Å². The van der Waals surface area contributed by atoms with Gasteiger partial charge in [-0.3, -0.25) is 0 Å². The molecule has 3 heterocycles. The van der Waals surface area contributed by atoms with Gasteiger partial charge in [0.1, 0.15) is 0 Å². The molecule has 0 aliphatic heterocycles. The number of hydrogen-bond donors (Lipinski definition) is 0. The van der Waals surface area contributed by atoms with E-state index in [1.165, 1.54) is 6.33 Å². The second kappa shape index (κ2) is 8.67. The van der Waals surface area contributed by atoms with Crippen LogP contribution in [0, 0.1) is 19.7 Å². The zero-order chi connectivity index (χ0) is 22.1. The van der Waals surface area contributed by atoms with E-state index in [9.17, 15) is 4.39 Å². The topological polar surface area (TPSA) is 69.6 Å². The second-order valence-electron chi connectivity index (χ2n) is 7.60. The van der Waals surface area contributed by atoms with Gasteiger partial charge in [0, 0.05) is 0 Å². The van der Waals surface area contributed by atoms with Gasteiger partial charge in [-0.25, -0.2) is 0 Å². The summed E-state index contributed by atoms with van der Waals surface area (Å²) in [5.74, 6) is 0.332. The number of aryl methyl sites for hydroxylation is 3. The maximum absolute atomic E-state index is 14.5. The number of fused-ring (bicyclic) bond motifs is 1. The van der Waals surface area contributed by atoms with Crippen LogP contribution in [0.2, 0.25) is 5.21 Å². The molecule has 6 nitrogen and oxygen atoms in total. The number of halogens is 1. The molecule has 0 saturated heterocycles. The minimum absolute atomic E-state index is 0.160. The molecule has 0 amide bonds. The first-order valence-electron chi connectivity index (χ1n) is 10.3. The standard InChI is InChI=1S/C24H21AsFN5O/c1-15-3-8-20(26)23-19(15)11-16(2)31(23)10-9-25-22-12-21(27-13-28-22)17-4-6-18(7-5-17)24-29-14-30-32-24/h3-8,11-14,25H,9-10H2,1-2H3. The van der Waals surface area contributed by atoms with Crippen molar-refractivity contribution in [2.24, 2.45) is 0 Å². The van der Waals surface area contributed by atoms with Crippen molar-refractivity contribution in [1.29, 1.82) is 0 Å². The van der Waals surface area contributed by atoms with Crippen molar-refractivity contribution >= 4 is 31.1 Å². The Labute approximate surface area is 191 Å². The fraction of sp³-hybridized carbons (Fsp3) is 0.167. The first kappa shape index (κ1) is 20.6. The first-order chi connectivity index (χ1) is 15.6. The summed E-state index contributed by atoms with van der Waals surface area (Å²) in [6.07, 6.45) is 3.01. The number of nitrogens with zero attached hydrogens (tertiary/aromatic N) is 5. The molecule has 8 heteroatoms. The average molecular weight is 489 g/mol. The summed E-state index contributed by atoms with van der Waals surface area (Å²) < 4.78 is 22.8. The Morgan fingerprint density at radius 2 is 1.75 bits per heavy atom. The van der Waals surface area contributed by atoms with Crippen LogP contribution in [0.3, 0.4) is 0 Å². The van der Waals surface area contributed by atoms with Gasteiger partial charge >= 0.3 is 191 Å². The summed E-state index contributed by atoms with van der Waals surface area (Å²) in [4.78, 5) is 13.0. The first-order valence-corrected chi connectivity index (χ1v) is 12.8. The van der Waals surface area contributed by atoms with Crippen LogP contribution in [-0.4, -0.2) is 40.4 Å². The Morgan fingerprint density at radius 3 is 2.53 bits per heavy atom. The Balaban J connectivity index is 1.31. The molecule has 0 spiro atoms. The summed E-state index contributed by atoms with van der Waals surface area (Å²) in [7, 11) is 0. The van der Waals surface area contributed by atoms with Crippen molar-refractivity contribution in [2.75, 3.05) is 0 Å². The fourth-order valence-corrected chi connectivity index (χ4v) is 5.94. The van der Waals surface area contributed by atoms with Crippen LogP contribution in [0.25, 0.3) is 33.6 Å². The molecule has 0 bridgehead atoms. The van der Waals surface area contributed by atoms with E-state index >= 15 is 0 Å². The Bertz CT molecular complexity index is 1380. The Kier molecular flexibility index (Phi) is 5.58. The fourth-order valence-electron chi connectivity index (χ4n) is 3.88. The summed E-state index contributed by atoms with van der Waals surface area (Å²) in [6, 6.07) is 15.4. The second-order valence-corrected chi connectivity index (χ2v) is 10.5. The predicted molar refractivity (Wildman–Crippen MR) is 124 cm³/mol. The van der Waals surface area contributed by atoms with Gasteiger partial charge in [0.2, 0.25) is 0 Å². The molecule has 1 unspecified atom stereocenters. The van der Waals surface area contributed by atoms with Gasteiger partial charge in [0.05, 0.1) is 0 Å². The van der Waals surface area contributed by atoms with Crippen molar-refractivity contribution in [2.45, 2.75) is 25.6 Å². The molecule has 1 atom stereocenters. The van der Waals surface area contributed by atoms with Gasteiger partial charge in [-0.15, -0.1) is 0 Å². The van der Waals surface area contributed by atoms with E-state index in [0.717, 1.165) is 49.7 Å². The van der Waals surface area contributed by atoms with Crippen molar-refractivity contribution in [3.05, 3.63) is 78.3 Å². The van der Waals surface area contributed by atoms with E-state index in [1.807, 2.05) is 44.2 Å². The molecule has 2 aromatic carbocycles. The van der Waals surface area contributed by atoms with Crippen molar-refractivity contribution < 1.29 is 8.91 Å². The maximum atomic E-state index is 14.5. The predicted octanol–water partition coefficient (Wildman–Crippen LogP) is 4.08. The normalized spacial score (nSPS) is 11.7. The zero-order valence-electron chi connectivity index (χ0n) is 17.7. The van der Waals surface area contributed by atoms with Crippen molar-refractivity contribution in [3.63, 3.8) is 0 Å². The Morgan fingerprint density at radius 1 is 0.938 bits per heavy atom. The molecule has 0 aliphatic rings. The molecule has 0 fully saturated rings. The molecule has 0 N–H and O–H groups in total. The molecule has 0 aliphatic carbocycles. The quantitative estimate of drug-likeness (QED) is 0.336. The summed E-state index contributed by atoms with van der Waals surface area (Å²) in [5, 5.41) is 5.62. The number of hydrogen-bond acceptors (Lipinski definition) is 5. The average Bonchev–Trinajstić information content (AvgIpc) is 3.46. The van der Waals surface area contributed by atoms with Crippen LogP contribution < -0.4 is 4.48 Å². The van der Waals surface area contributed by atoms with Gasteiger partial charge in [0.25, 0.3) is 0 Å². The van der Waals surface area contributed by atoms with Gasteiger partial charge in [-0.1, -0.05) is 0 Å². The number of rotatable bonds is 6. The van der Waals surface area contributed by atoms with Gasteiger partial charge in [-0.2, -0.15) is 0 Å². The van der Waals surface area contributed by atoms with E-state index in [4.69, 9.17) is 4.52 Å². The van der Waals surface area contributed by atoms with E-state index in [2.05, 4.69) is 36.8 Å². The van der Waals surface area contributed by atoms with E-state index in [-0.39, 0.29) is 5.82 Å². The number of benzene rings is 2. The van der Waals surface area contributed by atoms with Gasteiger partial charge in [-0.05, 0) is 0 Å². The molecule has 32 heavy (non-hydrogen) atoms. The molecule has 0 radical (unpaired) electrons. The summed E-state index contributed by atoms with van der Waals surface area (Å²) >= 11 is -0.493. The third kappa shape index (κ3) is 3.96.